The minimum Gasteiger partial charge on any atom is -0.497 e. The maximum absolute atomic E-state index is 12.6. The molecule has 0 bridgehead atoms. The molecule has 1 amide bonds. The predicted molar refractivity (Wildman–Crippen MR) is 131 cm³/mol. The highest BCUT2D eigenvalue weighted by atomic mass is 16.5. The Bertz CT molecular complexity index is 1110. The quantitative estimate of drug-likeness (QED) is 0.384. The molecule has 1 aliphatic heterocycles. The first-order chi connectivity index (χ1) is 17.1. The van der Waals surface area contributed by atoms with Crippen molar-refractivity contribution in [2.24, 2.45) is 0 Å². The van der Waals surface area contributed by atoms with Crippen LogP contribution >= 0.6 is 0 Å². The van der Waals surface area contributed by atoms with Gasteiger partial charge < -0.3 is 23.6 Å². The zero-order valence-corrected chi connectivity index (χ0v) is 20.7. The summed E-state index contributed by atoms with van der Waals surface area (Å²) in [6.07, 6.45) is 2.60. The van der Waals surface area contributed by atoms with E-state index in [1.807, 2.05) is 61.2 Å². The lowest BCUT2D eigenvalue weighted by molar-refractivity contribution is -0.127. The fraction of sp³-hybridized carbons (Fsp3) is 0.444. The first-order valence-corrected chi connectivity index (χ1v) is 12.2. The smallest absolute Gasteiger partial charge is 0.226 e. The van der Waals surface area contributed by atoms with Crippen LogP contribution in [0.3, 0.4) is 0 Å². The van der Waals surface area contributed by atoms with Crippen LogP contribution < -0.4 is 14.2 Å². The normalized spacial score (nSPS) is 15.5. The number of likely N-dealkylation sites (tertiary alicyclic amines) is 1. The van der Waals surface area contributed by atoms with Crippen LogP contribution in [0, 0.1) is 0 Å². The highest BCUT2D eigenvalue weighted by molar-refractivity contribution is 5.79. The zero-order valence-electron chi connectivity index (χ0n) is 20.7. The monoisotopic (exact) mass is 479 g/mol. The van der Waals surface area contributed by atoms with Gasteiger partial charge in [0.2, 0.25) is 11.8 Å². The first-order valence-electron chi connectivity index (χ1n) is 12.2. The molecule has 1 aliphatic rings. The van der Waals surface area contributed by atoms with Crippen LogP contribution in [0.4, 0.5) is 0 Å². The minimum absolute atomic E-state index is 0.0414. The van der Waals surface area contributed by atoms with Gasteiger partial charge in [-0.15, -0.1) is 0 Å². The van der Waals surface area contributed by atoms with E-state index in [-0.39, 0.29) is 11.8 Å². The van der Waals surface area contributed by atoms with E-state index in [0.29, 0.717) is 50.9 Å². The summed E-state index contributed by atoms with van der Waals surface area (Å²) in [5.74, 6) is 3.61. The molecule has 1 atom stereocenters. The van der Waals surface area contributed by atoms with Crippen molar-refractivity contribution in [1.82, 2.24) is 15.0 Å². The molecule has 0 radical (unpaired) electrons. The Morgan fingerprint density at radius 1 is 0.971 bits per heavy atom. The highest BCUT2D eigenvalue weighted by Gasteiger charge is 2.33. The average molecular weight is 480 g/mol. The molecule has 186 valence electrons. The second kappa shape index (κ2) is 11.7. The largest absolute Gasteiger partial charge is 0.497 e. The molecule has 8 heteroatoms. The summed E-state index contributed by atoms with van der Waals surface area (Å²) in [5, 5.41) is 4.17. The fourth-order valence-corrected chi connectivity index (χ4v) is 4.26. The van der Waals surface area contributed by atoms with Crippen LogP contribution in [0.1, 0.15) is 49.0 Å². The number of carbonyl (C=O) groups excluding carboxylic acids is 1. The van der Waals surface area contributed by atoms with Gasteiger partial charge in [-0.25, -0.2) is 0 Å². The van der Waals surface area contributed by atoms with E-state index in [1.165, 1.54) is 5.56 Å². The molecular weight excluding hydrogens is 446 g/mol. The molecule has 3 aromatic rings. The highest BCUT2D eigenvalue weighted by Crippen LogP contribution is 2.30. The number of hydrogen-bond acceptors (Lipinski definition) is 7. The average Bonchev–Trinajstić information content (AvgIpc) is 3.50. The maximum Gasteiger partial charge on any atom is 0.226 e. The number of ether oxygens (including phenoxy) is 3. The van der Waals surface area contributed by atoms with Gasteiger partial charge in [0.25, 0.3) is 0 Å². The molecule has 2 heterocycles. The Morgan fingerprint density at radius 3 is 2.46 bits per heavy atom. The summed E-state index contributed by atoms with van der Waals surface area (Å²) in [4.78, 5) is 19.1. The van der Waals surface area contributed by atoms with Crippen molar-refractivity contribution < 1.29 is 23.5 Å². The van der Waals surface area contributed by atoms with Gasteiger partial charge in [0.05, 0.1) is 20.3 Å². The van der Waals surface area contributed by atoms with Gasteiger partial charge in [0.1, 0.15) is 5.75 Å². The second-order valence-electron chi connectivity index (χ2n) is 8.53. The summed E-state index contributed by atoms with van der Waals surface area (Å²) >= 11 is 0. The lowest BCUT2D eigenvalue weighted by Gasteiger charge is -2.17. The Balaban J connectivity index is 1.30. The maximum atomic E-state index is 12.6. The van der Waals surface area contributed by atoms with E-state index in [2.05, 4.69) is 10.1 Å². The van der Waals surface area contributed by atoms with Gasteiger partial charge in [-0.2, -0.15) is 4.98 Å². The molecule has 0 aliphatic carbocycles. The van der Waals surface area contributed by atoms with Gasteiger partial charge in [0.15, 0.2) is 17.3 Å². The third-order valence-electron chi connectivity index (χ3n) is 6.13. The molecule has 0 spiro atoms. The minimum atomic E-state index is -0.0414. The summed E-state index contributed by atoms with van der Waals surface area (Å²) < 4.78 is 22.0. The summed E-state index contributed by atoms with van der Waals surface area (Å²) in [6.45, 7) is 6.30. The third kappa shape index (κ3) is 6.32. The summed E-state index contributed by atoms with van der Waals surface area (Å²) in [7, 11) is 1.66. The number of carbonyl (C=O) groups is 1. The van der Waals surface area contributed by atoms with Crippen molar-refractivity contribution in [3.63, 3.8) is 0 Å². The Hall–Kier alpha value is -3.55. The number of hydrogen-bond donors (Lipinski definition) is 0. The van der Waals surface area contributed by atoms with E-state index >= 15 is 0 Å². The number of aryl methyl sites for hydroxylation is 2. The van der Waals surface area contributed by atoms with Gasteiger partial charge in [-0.3, -0.25) is 4.79 Å². The van der Waals surface area contributed by atoms with Crippen LogP contribution in [0.25, 0.3) is 0 Å². The second-order valence-corrected chi connectivity index (χ2v) is 8.53. The predicted octanol–water partition coefficient (Wildman–Crippen LogP) is 4.22. The van der Waals surface area contributed by atoms with Gasteiger partial charge >= 0.3 is 0 Å². The molecular formula is C27H33N3O5. The van der Waals surface area contributed by atoms with E-state index < -0.39 is 0 Å². The van der Waals surface area contributed by atoms with Crippen LogP contribution in [0.2, 0.25) is 0 Å². The molecule has 1 aromatic heterocycles. The van der Waals surface area contributed by atoms with Crippen molar-refractivity contribution in [1.29, 1.82) is 0 Å². The van der Waals surface area contributed by atoms with Gasteiger partial charge in [0, 0.05) is 31.8 Å². The van der Waals surface area contributed by atoms with E-state index in [0.717, 1.165) is 35.7 Å². The van der Waals surface area contributed by atoms with Crippen LogP contribution in [-0.2, 0) is 24.1 Å². The van der Waals surface area contributed by atoms with Crippen molar-refractivity contribution in [3.05, 3.63) is 65.3 Å². The SMILES string of the molecule is CCOc1ccc(CCN2CC(c3noc(CCc4ccc(OC)cc4)n3)CC2=O)cc1OCC. The van der Waals surface area contributed by atoms with E-state index in [9.17, 15) is 4.79 Å². The third-order valence-corrected chi connectivity index (χ3v) is 6.13. The van der Waals surface area contributed by atoms with E-state index in [1.54, 1.807) is 7.11 Å². The molecule has 0 saturated carbocycles. The standard InChI is InChI=1S/C27H33N3O5/c1-4-33-23-12-8-20(16-24(23)34-5-2)14-15-30-18-21(17-26(30)31)27-28-25(35-29-27)13-9-19-6-10-22(32-3)11-7-19/h6-8,10-12,16,21H,4-5,9,13-15,17-18H2,1-3H3. The molecule has 0 N–H and O–H groups in total. The van der Waals surface area contributed by atoms with Crippen molar-refractivity contribution in [2.45, 2.75) is 45.4 Å². The van der Waals surface area contributed by atoms with Crippen molar-refractivity contribution in [2.75, 3.05) is 33.4 Å². The fourth-order valence-electron chi connectivity index (χ4n) is 4.26. The number of methoxy groups -OCH3 is 1. The number of amides is 1. The lowest BCUT2D eigenvalue weighted by Crippen LogP contribution is -2.27. The van der Waals surface area contributed by atoms with Crippen molar-refractivity contribution in [3.8, 4) is 17.2 Å². The molecule has 8 nitrogen and oxygen atoms in total. The number of nitrogens with zero attached hydrogens (tertiary/aromatic N) is 3. The Kier molecular flexibility index (Phi) is 8.23. The molecule has 4 rings (SSSR count). The zero-order chi connectivity index (χ0) is 24.6. The lowest BCUT2D eigenvalue weighted by atomic mass is 10.1. The number of rotatable bonds is 12. The van der Waals surface area contributed by atoms with Gasteiger partial charge in [-0.05, 0) is 62.1 Å². The Morgan fingerprint density at radius 2 is 1.71 bits per heavy atom. The Labute approximate surface area is 206 Å². The first kappa shape index (κ1) is 24.6. The summed E-state index contributed by atoms with van der Waals surface area (Å²) in [6, 6.07) is 13.9. The molecule has 1 unspecified atom stereocenters. The number of aromatic nitrogens is 2. The van der Waals surface area contributed by atoms with Crippen LogP contribution in [-0.4, -0.2) is 54.4 Å². The molecule has 2 aromatic carbocycles. The van der Waals surface area contributed by atoms with Crippen molar-refractivity contribution >= 4 is 5.91 Å². The van der Waals surface area contributed by atoms with E-state index in [4.69, 9.17) is 18.7 Å². The topological polar surface area (TPSA) is 86.9 Å². The molecule has 35 heavy (non-hydrogen) atoms. The summed E-state index contributed by atoms with van der Waals surface area (Å²) in [5.41, 5.74) is 2.28. The molecule has 1 saturated heterocycles. The number of benzene rings is 2. The van der Waals surface area contributed by atoms with Crippen LogP contribution in [0.5, 0.6) is 17.2 Å². The molecule has 1 fully saturated rings. The van der Waals surface area contributed by atoms with Gasteiger partial charge in [-0.1, -0.05) is 23.4 Å². The van der Waals surface area contributed by atoms with Crippen LogP contribution in [0.15, 0.2) is 47.0 Å².